The number of ether oxygens (including phenoxy) is 1. The Labute approximate surface area is 136 Å². The summed E-state index contributed by atoms with van der Waals surface area (Å²) < 4.78 is 5.45. The van der Waals surface area contributed by atoms with Gasteiger partial charge in [-0.05, 0) is 26.5 Å². The maximum Gasteiger partial charge on any atom is 0.218 e. The summed E-state index contributed by atoms with van der Waals surface area (Å²) in [5.74, 6) is 2.41. The van der Waals surface area contributed by atoms with Crippen LogP contribution < -0.4 is 9.64 Å². The van der Waals surface area contributed by atoms with E-state index in [-0.39, 0.29) is 0 Å². The largest absolute Gasteiger partial charge is 0.478 e. The lowest BCUT2D eigenvalue weighted by Crippen LogP contribution is -2.34. The Morgan fingerprint density at radius 1 is 1.26 bits per heavy atom. The maximum absolute atomic E-state index is 5.45. The molecule has 0 aromatic carbocycles. The van der Waals surface area contributed by atoms with Crippen molar-refractivity contribution >= 4 is 5.82 Å². The van der Waals surface area contributed by atoms with Crippen molar-refractivity contribution in [3.63, 3.8) is 0 Å². The molecule has 23 heavy (non-hydrogen) atoms. The van der Waals surface area contributed by atoms with Crippen LogP contribution in [-0.2, 0) is 6.54 Å². The molecule has 1 atom stereocenters. The highest BCUT2D eigenvalue weighted by Gasteiger charge is 2.27. The molecular weight excluding hydrogens is 292 g/mol. The van der Waals surface area contributed by atoms with Gasteiger partial charge in [0.25, 0.3) is 0 Å². The van der Waals surface area contributed by atoms with Gasteiger partial charge in [-0.3, -0.25) is 4.90 Å². The molecule has 3 rings (SSSR count). The number of likely N-dealkylation sites (N-methyl/N-ethyl adjacent to an activating group) is 1. The van der Waals surface area contributed by atoms with Crippen LogP contribution in [0.25, 0.3) is 0 Å². The fourth-order valence-corrected chi connectivity index (χ4v) is 2.80. The molecule has 0 aliphatic carbocycles. The summed E-state index contributed by atoms with van der Waals surface area (Å²) in [7, 11) is 2.12. The minimum atomic E-state index is 0.462. The number of nitrogens with zero attached hydrogens (tertiary/aromatic N) is 6. The summed E-state index contributed by atoms with van der Waals surface area (Å²) in [6.07, 6.45) is 6.23. The van der Waals surface area contributed by atoms with Gasteiger partial charge in [0.05, 0.1) is 13.2 Å². The van der Waals surface area contributed by atoms with Crippen LogP contribution in [0.1, 0.15) is 19.2 Å². The van der Waals surface area contributed by atoms with E-state index >= 15 is 0 Å². The lowest BCUT2D eigenvalue weighted by Gasteiger charge is -2.24. The van der Waals surface area contributed by atoms with Crippen LogP contribution in [0.4, 0.5) is 5.82 Å². The molecule has 0 N–H and O–H groups in total. The second-order valence-electron chi connectivity index (χ2n) is 5.62. The zero-order chi connectivity index (χ0) is 16.1. The van der Waals surface area contributed by atoms with Gasteiger partial charge in [-0.15, -0.1) is 0 Å². The van der Waals surface area contributed by atoms with Crippen molar-refractivity contribution in [3.8, 4) is 5.88 Å². The van der Waals surface area contributed by atoms with Crippen LogP contribution in [0.2, 0.25) is 0 Å². The minimum absolute atomic E-state index is 0.462. The summed E-state index contributed by atoms with van der Waals surface area (Å²) in [6, 6.07) is 4.21. The van der Waals surface area contributed by atoms with E-state index in [9.17, 15) is 0 Å². The monoisotopic (exact) mass is 314 g/mol. The SMILES string of the molecule is CCOc1cc(N2CC[C@H](N(C)Cc3ncccn3)C2)ncn1. The zero-order valence-corrected chi connectivity index (χ0v) is 13.6. The number of hydrogen-bond donors (Lipinski definition) is 0. The minimum Gasteiger partial charge on any atom is -0.478 e. The van der Waals surface area contributed by atoms with Gasteiger partial charge in [-0.1, -0.05) is 0 Å². The molecule has 0 saturated carbocycles. The van der Waals surface area contributed by atoms with Crippen LogP contribution in [-0.4, -0.2) is 57.6 Å². The van der Waals surface area contributed by atoms with E-state index in [0.29, 0.717) is 18.5 Å². The van der Waals surface area contributed by atoms with E-state index in [2.05, 4.69) is 36.8 Å². The van der Waals surface area contributed by atoms with E-state index in [1.807, 2.05) is 19.1 Å². The summed E-state index contributed by atoms with van der Waals surface area (Å²) in [4.78, 5) is 21.7. The first-order valence-electron chi connectivity index (χ1n) is 7.92. The van der Waals surface area contributed by atoms with Gasteiger partial charge < -0.3 is 9.64 Å². The summed E-state index contributed by atoms with van der Waals surface area (Å²) >= 11 is 0. The molecule has 0 bridgehead atoms. The van der Waals surface area contributed by atoms with Crippen LogP contribution in [0.15, 0.2) is 30.9 Å². The van der Waals surface area contributed by atoms with Gasteiger partial charge in [-0.25, -0.2) is 19.9 Å². The van der Waals surface area contributed by atoms with Gasteiger partial charge in [0.2, 0.25) is 5.88 Å². The zero-order valence-electron chi connectivity index (χ0n) is 13.6. The Morgan fingerprint density at radius 2 is 2.09 bits per heavy atom. The average Bonchev–Trinajstić information content (AvgIpc) is 3.07. The molecule has 0 radical (unpaired) electrons. The third-order valence-electron chi connectivity index (χ3n) is 4.04. The predicted molar refractivity (Wildman–Crippen MR) is 87.3 cm³/mol. The van der Waals surface area contributed by atoms with E-state index in [1.54, 1.807) is 18.7 Å². The van der Waals surface area contributed by atoms with E-state index < -0.39 is 0 Å². The molecule has 7 nitrogen and oxygen atoms in total. The Bertz CT molecular complexity index is 623. The molecule has 2 aromatic heterocycles. The number of hydrogen-bond acceptors (Lipinski definition) is 7. The molecule has 0 unspecified atom stereocenters. The Hall–Kier alpha value is -2.28. The van der Waals surface area contributed by atoms with Crippen molar-refractivity contribution in [1.82, 2.24) is 24.8 Å². The number of aromatic nitrogens is 4. The fourth-order valence-electron chi connectivity index (χ4n) is 2.80. The molecule has 122 valence electrons. The Kier molecular flexibility index (Phi) is 4.97. The van der Waals surface area contributed by atoms with Gasteiger partial charge >= 0.3 is 0 Å². The summed E-state index contributed by atoms with van der Waals surface area (Å²) in [5, 5.41) is 0. The Balaban J connectivity index is 1.60. The third-order valence-corrected chi connectivity index (χ3v) is 4.04. The molecule has 1 fully saturated rings. The van der Waals surface area contributed by atoms with E-state index in [4.69, 9.17) is 4.74 Å². The second kappa shape index (κ2) is 7.32. The highest BCUT2D eigenvalue weighted by Crippen LogP contribution is 2.23. The third kappa shape index (κ3) is 3.92. The molecule has 0 amide bonds. The molecule has 1 saturated heterocycles. The Morgan fingerprint density at radius 3 is 2.87 bits per heavy atom. The van der Waals surface area contributed by atoms with Crippen molar-refractivity contribution in [2.45, 2.75) is 25.9 Å². The number of anilines is 1. The fraction of sp³-hybridized carbons (Fsp3) is 0.500. The van der Waals surface area contributed by atoms with Gasteiger partial charge in [-0.2, -0.15) is 0 Å². The first-order valence-corrected chi connectivity index (χ1v) is 7.92. The van der Waals surface area contributed by atoms with Gasteiger partial charge in [0.15, 0.2) is 0 Å². The summed E-state index contributed by atoms with van der Waals surface area (Å²) in [6.45, 7) is 5.24. The van der Waals surface area contributed by atoms with Crippen molar-refractivity contribution in [1.29, 1.82) is 0 Å². The lowest BCUT2D eigenvalue weighted by molar-refractivity contribution is 0.244. The molecular formula is C16H22N6O. The van der Waals surface area contributed by atoms with Crippen LogP contribution in [0.5, 0.6) is 5.88 Å². The molecule has 0 spiro atoms. The van der Waals surface area contributed by atoms with Crippen molar-refractivity contribution in [3.05, 3.63) is 36.7 Å². The normalized spacial score (nSPS) is 17.7. The number of rotatable bonds is 6. The van der Waals surface area contributed by atoms with Crippen molar-refractivity contribution in [2.24, 2.45) is 0 Å². The summed E-state index contributed by atoms with van der Waals surface area (Å²) in [5.41, 5.74) is 0. The van der Waals surface area contributed by atoms with Gasteiger partial charge in [0, 0.05) is 37.6 Å². The topological polar surface area (TPSA) is 67.3 Å². The molecule has 1 aliphatic rings. The standard InChI is InChI=1S/C16H22N6O/c1-3-23-16-9-15(19-12-20-16)22-8-5-13(10-22)21(2)11-14-17-6-4-7-18-14/h4,6-7,9,12-13H,3,5,8,10-11H2,1-2H3/t13-/m0/s1. The van der Waals surface area contributed by atoms with E-state index in [1.165, 1.54) is 0 Å². The highest BCUT2D eigenvalue weighted by molar-refractivity contribution is 5.42. The second-order valence-corrected chi connectivity index (χ2v) is 5.62. The first kappa shape index (κ1) is 15.6. The first-order chi connectivity index (χ1) is 11.3. The van der Waals surface area contributed by atoms with Crippen molar-refractivity contribution in [2.75, 3.05) is 31.6 Å². The van der Waals surface area contributed by atoms with Crippen LogP contribution in [0, 0.1) is 0 Å². The molecule has 3 heterocycles. The van der Waals surface area contributed by atoms with Crippen LogP contribution in [0.3, 0.4) is 0 Å². The molecule has 2 aromatic rings. The lowest BCUT2D eigenvalue weighted by atomic mass is 10.2. The quantitative estimate of drug-likeness (QED) is 0.798. The predicted octanol–water partition coefficient (Wildman–Crippen LogP) is 1.38. The van der Waals surface area contributed by atoms with Gasteiger partial charge in [0.1, 0.15) is 18.0 Å². The molecule has 7 heteroatoms. The van der Waals surface area contributed by atoms with Crippen LogP contribution >= 0.6 is 0 Å². The van der Waals surface area contributed by atoms with E-state index in [0.717, 1.165) is 37.7 Å². The molecule has 1 aliphatic heterocycles. The maximum atomic E-state index is 5.45. The average molecular weight is 314 g/mol. The van der Waals surface area contributed by atoms with Crippen molar-refractivity contribution < 1.29 is 4.74 Å². The smallest absolute Gasteiger partial charge is 0.218 e. The highest BCUT2D eigenvalue weighted by atomic mass is 16.5.